The van der Waals surface area contributed by atoms with E-state index in [9.17, 15) is 0 Å². The number of thiophene rings is 1. The van der Waals surface area contributed by atoms with E-state index in [1.807, 2.05) is 11.3 Å². The quantitative estimate of drug-likeness (QED) is 0.544. The molecule has 0 saturated heterocycles. The Morgan fingerprint density at radius 1 is 1.33 bits per heavy atom. The Morgan fingerprint density at radius 3 is 2.89 bits per heavy atom. The van der Waals surface area contributed by atoms with Gasteiger partial charge in [0.1, 0.15) is 0 Å². The van der Waals surface area contributed by atoms with Crippen LogP contribution >= 0.6 is 11.3 Å². The monoisotopic (exact) mass is 253 g/mol. The van der Waals surface area contributed by atoms with Crippen LogP contribution in [-0.2, 0) is 0 Å². The van der Waals surface area contributed by atoms with Crippen LogP contribution in [0.1, 0.15) is 26.7 Å². The van der Waals surface area contributed by atoms with E-state index in [0.29, 0.717) is 0 Å². The highest BCUT2D eigenvalue weighted by Gasteiger charge is 2.03. The van der Waals surface area contributed by atoms with Crippen molar-refractivity contribution in [2.24, 2.45) is 0 Å². The molecule has 18 heavy (non-hydrogen) atoms. The third-order valence-electron chi connectivity index (χ3n) is 2.85. The van der Waals surface area contributed by atoms with Gasteiger partial charge in [0.15, 0.2) is 0 Å². The van der Waals surface area contributed by atoms with Gasteiger partial charge in [-0.25, -0.2) is 0 Å². The van der Waals surface area contributed by atoms with Crippen molar-refractivity contribution in [1.82, 2.24) is 0 Å². The maximum absolute atomic E-state index is 2.26. The van der Waals surface area contributed by atoms with Crippen molar-refractivity contribution in [3.8, 4) is 0 Å². The Kier molecular flexibility index (Phi) is 4.83. The molecule has 0 fully saturated rings. The predicted octanol–water partition coefficient (Wildman–Crippen LogP) is 4.49. The molecule has 0 aliphatic carbocycles. The lowest BCUT2D eigenvalue weighted by molar-refractivity contribution is 0.958. The van der Waals surface area contributed by atoms with Crippen LogP contribution in [0.3, 0.4) is 0 Å². The Labute approximate surface area is 114 Å². The van der Waals surface area contributed by atoms with Gasteiger partial charge in [-0.3, -0.25) is 0 Å². The summed E-state index contributed by atoms with van der Waals surface area (Å²) in [6.45, 7) is 4.30. The van der Waals surface area contributed by atoms with Gasteiger partial charge in [-0.2, -0.15) is 11.3 Å². The van der Waals surface area contributed by atoms with Crippen molar-refractivity contribution in [2.45, 2.75) is 26.7 Å². The number of hydrogen-bond acceptors (Lipinski definition) is 1. The molecule has 0 bridgehead atoms. The van der Waals surface area contributed by atoms with Gasteiger partial charge < -0.3 is 0 Å². The number of fused-ring (bicyclic) bond motifs is 1. The molecular weight excluding hydrogens is 235 g/mol. The molecule has 0 nitrogen and oxygen atoms in total. The van der Waals surface area contributed by atoms with Crippen LogP contribution in [0.25, 0.3) is 10.1 Å². The third-order valence-corrected chi connectivity index (χ3v) is 3.92. The van der Waals surface area contributed by atoms with Crippen molar-refractivity contribution < 1.29 is 0 Å². The minimum absolute atomic E-state index is 1.15. The normalized spacial score (nSPS) is 12.4. The molecule has 0 aliphatic heterocycles. The summed E-state index contributed by atoms with van der Waals surface area (Å²) in [6, 6.07) is 10.8. The summed E-state index contributed by atoms with van der Waals surface area (Å²) in [5, 5.41) is 1.33. The van der Waals surface area contributed by atoms with Gasteiger partial charge in [-0.05, 0) is 35.6 Å². The minimum Gasteiger partial charge on any atom is -0.151 e. The van der Waals surface area contributed by atoms with E-state index >= 15 is 0 Å². The molecule has 91 valence electrons. The zero-order valence-corrected chi connectivity index (χ0v) is 11.8. The second-order valence-electron chi connectivity index (χ2n) is 4.31. The van der Waals surface area contributed by atoms with E-state index in [2.05, 4.69) is 69.7 Å². The van der Waals surface area contributed by atoms with E-state index < -0.39 is 0 Å². The average Bonchev–Trinajstić information content (AvgIpc) is 2.80. The highest BCUT2D eigenvalue weighted by atomic mass is 32.1. The fourth-order valence-corrected chi connectivity index (χ4v) is 2.88. The number of unbranched alkanes of at least 4 members (excludes halogenated alkanes) is 1. The molecule has 0 amide bonds. The first-order valence-electron chi connectivity index (χ1n) is 6.49. The Hall–Kier alpha value is -1.28. The number of allylic oxidation sites excluding steroid dienone is 4. The van der Waals surface area contributed by atoms with Crippen molar-refractivity contribution in [2.75, 3.05) is 0 Å². The summed E-state index contributed by atoms with van der Waals surface area (Å²) in [5.74, 6) is 0. The maximum atomic E-state index is 2.26. The first-order chi connectivity index (χ1) is 8.83. The first kappa shape index (κ1) is 13.2. The topological polar surface area (TPSA) is 0 Å². The van der Waals surface area contributed by atoms with Crippen molar-refractivity contribution in [3.05, 3.63) is 54.0 Å². The van der Waals surface area contributed by atoms with Gasteiger partial charge in [0, 0.05) is 4.70 Å². The van der Waals surface area contributed by atoms with E-state index in [0.717, 1.165) is 6.42 Å². The maximum Gasteiger partial charge on any atom is 0.204 e. The zero-order valence-electron chi connectivity index (χ0n) is 11.0. The summed E-state index contributed by atoms with van der Waals surface area (Å²) in [5.41, 5.74) is 1.29. The Morgan fingerprint density at radius 2 is 2.17 bits per heavy atom. The van der Waals surface area contributed by atoms with Crippen LogP contribution in [-0.4, -0.2) is 7.28 Å². The van der Waals surface area contributed by atoms with Crippen LogP contribution in [0.2, 0.25) is 0 Å². The fourth-order valence-electron chi connectivity index (χ4n) is 1.85. The highest BCUT2D eigenvalue weighted by molar-refractivity contribution is 7.27. The SMILES string of the molecule is C/C=C([B]c1cc2ccccc2s1)\C=C/CCC. The van der Waals surface area contributed by atoms with Gasteiger partial charge in [-0.15, -0.1) is 0 Å². The summed E-state index contributed by atoms with van der Waals surface area (Å²) < 4.78 is 2.68. The molecule has 0 atom stereocenters. The molecule has 0 saturated carbocycles. The molecule has 1 heterocycles. The number of hydrogen-bond donors (Lipinski definition) is 0. The molecule has 1 radical (unpaired) electrons. The molecule has 1 aromatic carbocycles. The standard InChI is InChI=1S/C16H18BS/c1-3-5-6-10-14(4-2)17-16-12-13-9-7-8-11-15(13)18-16/h4,6-12H,3,5H2,1-2H3/b10-6-,14-4+. The van der Waals surface area contributed by atoms with Gasteiger partial charge in [0.25, 0.3) is 0 Å². The van der Waals surface area contributed by atoms with E-state index in [1.54, 1.807) is 0 Å². The zero-order chi connectivity index (χ0) is 12.8. The second kappa shape index (κ2) is 6.60. The second-order valence-corrected chi connectivity index (χ2v) is 5.43. The molecule has 0 N–H and O–H groups in total. The lowest BCUT2D eigenvalue weighted by Gasteiger charge is -1.96. The summed E-state index contributed by atoms with van der Waals surface area (Å²) in [6.07, 6.45) is 8.98. The molecule has 0 unspecified atom stereocenters. The predicted molar refractivity (Wildman–Crippen MR) is 85.0 cm³/mol. The van der Waals surface area contributed by atoms with Crippen molar-refractivity contribution in [1.29, 1.82) is 0 Å². The van der Waals surface area contributed by atoms with Gasteiger partial charge in [0.05, 0.1) is 0 Å². The van der Waals surface area contributed by atoms with Crippen molar-refractivity contribution >= 4 is 33.5 Å². The van der Waals surface area contributed by atoms with Gasteiger partial charge in [-0.1, -0.05) is 55.2 Å². The molecule has 2 heteroatoms. The number of benzene rings is 1. The molecule has 0 spiro atoms. The summed E-state index contributed by atoms with van der Waals surface area (Å²) >= 11 is 1.85. The largest absolute Gasteiger partial charge is 0.204 e. The number of rotatable bonds is 5. The highest BCUT2D eigenvalue weighted by Crippen LogP contribution is 2.18. The third kappa shape index (κ3) is 3.36. The lowest BCUT2D eigenvalue weighted by atomic mass is 9.68. The Balaban J connectivity index is 2.12. The van der Waals surface area contributed by atoms with E-state index in [1.165, 1.54) is 26.8 Å². The van der Waals surface area contributed by atoms with Crippen LogP contribution in [0.5, 0.6) is 0 Å². The van der Waals surface area contributed by atoms with Crippen molar-refractivity contribution in [3.63, 3.8) is 0 Å². The van der Waals surface area contributed by atoms with E-state index in [-0.39, 0.29) is 0 Å². The van der Waals surface area contributed by atoms with Crippen LogP contribution in [0.15, 0.2) is 54.0 Å². The minimum atomic E-state index is 1.15. The van der Waals surface area contributed by atoms with Gasteiger partial charge in [0.2, 0.25) is 7.28 Å². The summed E-state index contributed by atoms with van der Waals surface area (Å²) in [7, 11) is 2.26. The van der Waals surface area contributed by atoms with Crippen LogP contribution < -0.4 is 4.78 Å². The summed E-state index contributed by atoms with van der Waals surface area (Å²) in [4.78, 5) is 0. The first-order valence-corrected chi connectivity index (χ1v) is 7.31. The van der Waals surface area contributed by atoms with Crippen LogP contribution in [0, 0.1) is 0 Å². The average molecular weight is 253 g/mol. The molecule has 2 rings (SSSR count). The van der Waals surface area contributed by atoms with Gasteiger partial charge >= 0.3 is 0 Å². The van der Waals surface area contributed by atoms with Crippen LogP contribution in [0.4, 0.5) is 0 Å². The van der Waals surface area contributed by atoms with E-state index in [4.69, 9.17) is 0 Å². The molecule has 2 aromatic rings. The molecule has 1 aromatic heterocycles. The fraction of sp³-hybridized carbons (Fsp3) is 0.250. The molecular formula is C16H18BS. The molecule has 0 aliphatic rings. The lowest BCUT2D eigenvalue weighted by Crippen LogP contribution is -2.10. The smallest absolute Gasteiger partial charge is 0.151 e. The Bertz CT molecular complexity index is 530.